The van der Waals surface area contributed by atoms with Crippen LogP contribution in [0.25, 0.3) is 0 Å². The first-order valence-electron chi connectivity index (χ1n) is 14.2. The van der Waals surface area contributed by atoms with E-state index in [0.717, 1.165) is 60.4 Å². The molecule has 0 fully saturated rings. The van der Waals surface area contributed by atoms with E-state index in [1.807, 2.05) is 43.3 Å². The number of Topliss-reactive ketones (excluding diaryl/α,β-unsaturated/α-hetero) is 1. The van der Waals surface area contributed by atoms with Gasteiger partial charge in [-0.3, -0.25) is 14.6 Å². The number of hydrogen-bond donors (Lipinski definition) is 1. The lowest BCUT2D eigenvalue weighted by molar-refractivity contribution is -0.117. The van der Waals surface area contributed by atoms with Crippen molar-refractivity contribution in [1.82, 2.24) is 4.90 Å². The fourth-order valence-electron chi connectivity index (χ4n) is 4.32. The van der Waals surface area contributed by atoms with Crippen molar-refractivity contribution >= 4 is 40.7 Å². The Morgan fingerprint density at radius 1 is 1.12 bits per heavy atom. The van der Waals surface area contributed by atoms with E-state index in [1.165, 1.54) is 6.92 Å². The van der Waals surface area contributed by atoms with Crippen LogP contribution in [0.5, 0.6) is 11.5 Å². The van der Waals surface area contributed by atoms with E-state index in [-0.39, 0.29) is 22.8 Å². The standard InChI is InChI=1S/C26H35ClN2O4S.C6H10O2/c1-6-32-15-13-28(18(2)3)12-7-14-33-24-11-9-21(31-5)17-22(24)26-29(19(4)30)23-10-8-20(27)16-25(23)34-26;1-5(7)3-4-6(2)8/h8-11,16-18,26H,6-7,12-15H2,1-5H3;7H,1,3-4H2,2H3. The molecule has 8 nitrogen and oxygen atoms in total. The molecule has 1 unspecified atom stereocenters. The largest absolute Gasteiger partial charge is 0.513 e. The maximum Gasteiger partial charge on any atom is 0.225 e. The highest BCUT2D eigenvalue weighted by Crippen LogP contribution is 2.54. The Labute approximate surface area is 260 Å². The Balaban J connectivity index is 0.000000675. The van der Waals surface area contributed by atoms with E-state index in [1.54, 1.807) is 30.7 Å². The number of ether oxygens (including phenoxy) is 3. The lowest BCUT2D eigenvalue weighted by Crippen LogP contribution is -2.35. The summed E-state index contributed by atoms with van der Waals surface area (Å²) >= 11 is 7.82. The average molecular weight is 621 g/mol. The molecule has 1 aliphatic rings. The van der Waals surface area contributed by atoms with Crippen molar-refractivity contribution in [3.63, 3.8) is 0 Å². The van der Waals surface area contributed by atoms with Gasteiger partial charge < -0.3 is 24.1 Å². The predicted molar refractivity (Wildman–Crippen MR) is 171 cm³/mol. The van der Waals surface area contributed by atoms with Gasteiger partial charge in [0.1, 0.15) is 22.7 Å². The predicted octanol–water partition coefficient (Wildman–Crippen LogP) is 7.45. The fourth-order valence-corrected chi connectivity index (χ4v) is 5.96. The SMILES string of the molecule is C=C(O)CCC(C)=O.CCOCCN(CCCOc1ccc(OC)cc1C1Sc2cc(Cl)ccc2N1C(C)=O)C(C)C. The normalized spacial score (nSPS) is 13.9. The van der Waals surface area contributed by atoms with Crippen LogP contribution in [0.4, 0.5) is 5.69 Å². The molecule has 0 aliphatic carbocycles. The molecule has 1 aliphatic heterocycles. The molecule has 0 bridgehead atoms. The van der Waals surface area contributed by atoms with Crippen molar-refractivity contribution in [2.45, 2.75) is 70.2 Å². The summed E-state index contributed by atoms with van der Waals surface area (Å²) in [4.78, 5) is 28.0. The Morgan fingerprint density at radius 3 is 2.43 bits per heavy atom. The number of ketones is 1. The summed E-state index contributed by atoms with van der Waals surface area (Å²) in [6.07, 6.45) is 1.69. The smallest absolute Gasteiger partial charge is 0.225 e. The zero-order valence-electron chi connectivity index (χ0n) is 25.7. The third-order valence-corrected chi connectivity index (χ3v) is 8.05. The number of rotatable bonds is 15. The number of benzene rings is 2. The van der Waals surface area contributed by atoms with Crippen LogP contribution < -0.4 is 14.4 Å². The first kappa shape index (κ1) is 35.5. The first-order valence-corrected chi connectivity index (χ1v) is 15.5. The molecule has 1 N–H and O–H groups in total. The van der Waals surface area contributed by atoms with Crippen LogP contribution in [0, 0.1) is 0 Å². The van der Waals surface area contributed by atoms with Crippen LogP contribution in [0.3, 0.4) is 0 Å². The third-order valence-electron chi connectivity index (χ3n) is 6.55. The van der Waals surface area contributed by atoms with Gasteiger partial charge in [0.25, 0.3) is 0 Å². The molecule has 2 aromatic carbocycles. The third kappa shape index (κ3) is 11.2. The summed E-state index contributed by atoms with van der Waals surface area (Å²) in [5.41, 5.74) is 1.77. The van der Waals surface area contributed by atoms with Gasteiger partial charge in [-0.1, -0.05) is 29.9 Å². The molecular weight excluding hydrogens is 576 g/mol. The lowest BCUT2D eigenvalue weighted by Gasteiger charge is -2.27. The highest BCUT2D eigenvalue weighted by Gasteiger charge is 2.36. The molecule has 10 heteroatoms. The molecule has 2 aromatic rings. The van der Waals surface area contributed by atoms with Crippen LogP contribution in [0.2, 0.25) is 5.02 Å². The van der Waals surface area contributed by atoms with E-state index < -0.39 is 0 Å². The van der Waals surface area contributed by atoms with Crippen LogP contribution in [-0.4, -0.2) is 67.8 Å². The molecule has 1 amide bonds. The van der Waals surface area contributed by atoms with E-state index in [4.69, 9.17) is 30.9 Å². The number of aliphatic hydroxyl groups is 1. The topological polar surface area (TPSA) is 88.5 Å². The van der Waals surface area contributed by atoms with Gasteiger partial charge in [0, 0.05) is 61.0 Å². The number of nitrogens with zero attached hydrogens (tertiary/aromatic N) is 2. The minimum atomic E-state index is -0.255. The fraction of sp³-hybridized carbons (Fsp3) is 0.500. The maximum atomic E-state index is 12.6. The van der Waals surface area contributed by atoms with Crippen molar-refractivity contribution in [2.75, 3.05) is 44.9 Å². The molecule has 0 spiro atoms. The number of methoxy groups -OCH3 is 1. The molecule has 1 atom stereocenters. The van der Waals surface area contributed by atoms with Crippen LogP contribution in [-0.2, 0) is 14.3 Å². The van der Waals surface area contributed by atoms with Crippen molar-refractivity contribution < 1.29 is 28.9 Å². The second-order valence-electron chi connectivity index (χ2n) is 10.2. The Kier molecular flexibility index (Phi) is 15.3. The molecular formula is C32H45ClN2O6S. The van der Waals surface area contributed by atoms with E-state index in [0.29, 0.717) is 30.5 Å². The van der Waals surface area contributed by atoms with Gasteiger partial charge in [-0.15, -0.1) is 0 Å². The van der Waals surface area contributed by atoms with Crippen LogP contribution in [0.15, 0.2) is 53.6 Å². The highest BCUT2D eigenvalue weighted by molar-refractivity contribution is 8.00. The number of carbonyl (C=O) groups is 2. The van der Waals surface area contributed by atoms with Gasteiger partial charge in [-0.2, -0.15) is 0 Å². The van der Waals surface area contributed by atoms with Crippen LogP contribution in [0.1, 0.15) is 64.8 Å². The number of hydrogen-bond acceptors (Lipinski definition) is 8. The molecule has 1 heterocycles. The van der Waals surface area contributed by atoms with Crippen molar-refractivity contribution in [3.05, 3.63) is 59.3 Å². The Bertz CT molecular complexity index is 1180. The first-order chi connectivity index (χ1) is 20.0. The van der Waals surface area contributed by atoms with E-state index >= 15 is 0 Å². The second-order valence-corrected chi connectivity index (χ2v) is 11.7. The molecule has 0 aromatic heterocycles. The summed E-state index contributed by atoms with van der Waals surface area (Å²) in [6, 6.07) is 11.8. The number of thioether (sulfide) groups is 1. The zero-order valence-corrected chi connectivity index (χ0v) is 27.2. The Hall–Kier alpha value is -2.72. The van der Waals surface area contributed by atoms with Crippen LogP contribution >= 0.6 is 23.4 Å². The molecule has 0 saturated heterocycles. The van der Waals surface area contributed by atoms with Gasteiger partial charge in [0.15, 0.2) is 0 Å². The maximum absolute atomic E-state index is 12.6. The average Bonchev–Trinajstić information content (AvgIpc) is 3.32. The van der Waals surface area contributed by atoms with Crippen molar-refractivity contribution in [1.29, 1.82) is 0 Å². The number of carbonyl (C=O) groups excluding carboxylic acids is 2. The molecule has 3 rings (SSSR count). The molecule has 42 heavy (non-hydrogen) atoms. The molecule has 232 valence electrons. The van der Waals surface area contributed by atoms with Gasteiger partial charge in [-0.05, 0) is 70.5 Å². The Morgan fingerprint density at radius 2 is 1.86 bits per heavy atom. The number of halogens is 1. The lowest BCUT2D eigenvalue weighted by atomic mass is 10.1. The van der Waals surface area contributed by atoms with Gasteiger partial charge in [0.05, 0.1) is 31.8 Å². The minimum Gasteiger partial charge on any atom is -0.513 e. The summed E-state index contributed by atoms with van der Waals surface area (Å²) in [6.45, 7) is 16.6. The van der Waals surface area contributed by atoms with Gasteiger partial charge >= 0.3 is 0 Å². The van der Waals surface area contributed by atoms with Crippen molar-refractivity contribution in [3.8, 4) is 11.5 Å². The highest BCUT2D eigenvalue weighted by atomic mass is 35.5. The monoisotopic (exact) mass is 620 g/mol. The number of anilines is 1. The van der Waals surface area contributed by atoms with Gasteiger partial charge in [0.2, 0.25) is 5.91 Å². The van der Waals surface area contributed by atoms with Crippen molar-refractivity contribution in [2.24, 2.45) is 0 Å². The quantitative estimate of drug-likeness (QED) is 0.162. The summed E-state index contributed by atoms with van der Waals surface area (Å²) in [7, 11) is 1.64. The van der Waals surface area contributed by atoms with E-state index in [9.17, 15) is 9.59 Å². The summed E-state index contributed by atoms with van der Waals surface area (Å²) in [5, 5.41) is 8.85. The zero-order chi connectivity index (χ0) is 31.2. The number of aliphatic hydroxyl groups excluding tert-OH is 1. The number of fused-ring (bicyclic) bond motifs is 1. The second kappa shape index (κ2) is 18.1. The molecule has 0 radical (unpaired) electrons. The summed E-state index contributed by atoms with van der Waals surface area (Å²) in [5.74, 6) is 1.62. The van der Waals surface area contributed by atoms with Gasteiger partial charge in [-0.25, -0.2) is 0 Å². The molecule has 0 saturated carbocycles. The summed E-state index contributed by atoms with van der Waals surface area (Å²) < 4.78 is 17.3. The minimum absolute atomic E-state index is 0.0331. The number of amides is 1. The van der Waals surface area contributed by atoms with E-state index in [2.05, 4.69) is 25.3 Å². The number of allylic oxidation sites excluding steroid dienone is 1.